The smallest absolute Gasteiger partial charge is 0.180 e. The number of aliphatic hydroxyl groups excluding tert-OH is 1. The highest BCUT2D eigenvalue weighted by Crippen LogP contribution is 2.37. The maximum Gasteiger partial charge on any atom is 0.180 e. The molecule has 0 fully saturated rings. The largest absolute Gasteiger partial charge is 0.493 e. The predicted octanol–water partition coefficient (Wildman–Crippen LogP) is 4.58. The van der Waals surface area contributed by atoms with Gasteiger partial charge in [0.1, 0.15) is 12.4 Å². The molecule has 0 atom stereocenters. The summed E-state index contributed by atoms with van der Waals surface area (Å²) in [5.41, 5.74) is 0.698. The van der Waals surface area contributed by atoms with Crippen LogP contribution >= 0.6 is 23.2 Å². The number of methoxy groups -OCH3 is 1. The third kappa shape index (κ3) is 5.24. The number of hydrogen-bond donors (Lipinski definition) is 2. The van der Waals surface area contributed by atoms with Crippen LogP contribution in [0.3, 0.4) is 0 Å². The quantitative estimate of drug-likeness (QED) is 0.679. The molecule has 0 spiro atoms. The fourth-order valence-corrected chi connectivity index (χ4v) is 2.73. The maximum atomic E-state index is 13.9. The van der Waals surface area contributed by atoms with E-state index in [4.69, 9.17) is 32.7 Å². The topological polar surface area (TPSA) is 50.7 Å². The van der Waals surface area contributed by atoms with Crippen LogP contribution in [0.5, 0.6) is 11.5 Å². The van der Waals surface area contributed by atoms with E-state index in [1.54, 1.807) is 18.2 Å². The van der Waals surface area contributed by atoms with E-state index in [2.05, 4.69) is 5.32 Å². The molecule has 26 heavy (non-hydrogen) atoms. The molecular formula is C19H22Cl2FNO3. The summed E-state index contributed by atoms with van der Waals surface area (Å²) in [6.45, 7) is 4.20. The Labute approximate surface area is 162 Å². The maximum absolute atomic E-state index is 13.9. The Kier molecular flexibility index (Phi) is 7.12. The van der Waals surface area contributed by atoms with Gasteiger partial charge in [-0.3, -0.25) is 0 Å². The zero-order valence-electron chi connectivity index (χ0n) is 14.9. The molecule has 0 aliphatic heterocycles. The van der Waals surface area contributed by atoms with Gasteiger partial charge in [-0.1, -0.05) is 29.3 Å². The Morgan fingerprint density at radius 3 is 2.54 bits per heavy atom. The standard InChI is InChI=1S/C19H22Cl2FNO3/c1-19(2,11-24)23-9-12-7-15(21)18(17(8-12)25-3)26-10-13-14(20)5-4-6-16(13)22/h4-8,23-24H,9-11H2,1-3H3. The van der Waals surface area contributed by atoms with Crippen molar-refractivity contribution in [2.45, 2.75) is 32.5 Å². The number of ether oxygens (including phenoxy) is 2. The Hall–Kier alpha value is -1.53. The van der Waals surface area contributed by atoms with E-state index >= 15 is 0 Å². The van der Waals surface area contributed by atoms with Crippen molar-refractivity contribution in [1.29, 1.82) is 0 Å². The molecule has 0 aliphatic rings. The highest BCUT2D eigenvalue weighted by molar-refractivity contribution is 6.32. The second-order valence-corrected chi connectivity index (χ2v) is 7.31. The number of halogens is 3. The minimum Gasteiger partial charge on any atom is -0.493 e. The van der Waals surface area contributed by atoms with Crippen molar-refractivity contribution in [3.63, 3.8) is 0 Å². The zero-order chi connectivity index (χ0) is 19.3. The molecule has 0 aromatic heterocycles. The molecule has 0 unspecified atom stereocenters. The van der Waals surface area contributed by atoms with E-state index in [0.29, 0.717) is 23.1 Å². The molecule has 2 rings (SSSR count). The van der Waals surface area contributed by atoms with E-state index in [1.165, 1.54) is 19.2 Å². The summed E-state index contributed by atoms with van der Waals surface area (Å²) >= 11 is 12.4. The second kappa shape index (κ2) is 8.91. The molecule has 2 N–H and O–H groups in total. The second-order valence-electron chi connectivity index (χ2n) is 6.49. The van der Waals surface area contributed by atoms with Crippen molar-refractivity contribution in [1.82, 2.24) is 5.32 Å². The van der Waals surface area contributed by atoms with Crippen molar-refractivity contribution in [2.24, 2.45) is 0 Å². The third-order valence-electron chi connectivity index (χ3n) is 3.88. The van der Waals surface area contributed by atoms with Gasteiger partial charge >= 0.3 is 0 Å². The van der Waals surface area contributed by atoms with Gasteiger partial charge in [-0.2, -0.15) is 0 Å². The fraction of sp³-hybridized carbons (Fsp3) is 0.368. The SMILES string of the molecule is COc1cc(CNC(C)(C)CO)cc(Cl)c1OCc1c(F)cccc1Cl. The normalized spacial score (nSPS) is 11.5. The van der Waals surface area contributed by atoms with Crippen LogP contribution in [-0.4, -0.2) is 24.4 Å². The molecule has 0 bridgehead atoms. The van der Waals surface area contributed by atoms with E-state index in [0.717, 1.165) is 5.56 Å². The van der Waals surface area contributed by atoms with E-state index in [-0.39, 0.29) is 23.8 Å². The molecule has 2 aromatic carbocycles. The van der Waals surface area contributed by atoms with Crippen LogP contribution in [0.1, 0.15) is 25.0 Å². The van der Waals surface area contributed by atoms with Crippen LogP contribution in [0, 0.1) is 5.82 Å². The van der Waals surface area contributed by atoms with Crippen LogP contribution < -0.4 is 14.8 Å². The molecule has 0 saturated carbocycles. The summed E-state index contributed by atoms with van der Waals surface area (Å²) in [7, 11) is 1.50. The summed E-state index contributed by atoms with van der Waals surface area (Å²) in [5.74, 6) is 0.307. The van der Waals surface area contributed by atoms with Crippen molar-refractivity contribution < 1.29 is 19.0 Å². The minimum absolute atomic E-state index is 0.00244. The van der Waals surface area contributed by atoms with Crippen LogP contribution in [0.15, 0.2) is 30.3 Å². The molecule has 7 heteroatoms. The van der Waals surface area contributed by atoms with Crippen LogP contribution in [0.25, 0.3) is 0 Å². The molecule has 2 aromatic rings. The number of nitrogens with one attached hydrogen (secondary N) is 1. The van der Waals surface area contributed by atoms with Crippen LogP contribution in [0.2, 0.25) is 10.0 Å². The summed E-state index contributed by atoms with van der Waals surface area (Å²) in [4.78, 5) is 0. The van der Waals surface area contributed by atoms with Crippen molar-refractivity contribution >= 4 is 23.2 Å². The summed E-state index contributed by atoms with van der Waals surface area (Å²) in [5, 5.41) is 13.2. The molecule has 0 aliphatic carbocycles. The van der Waals surface area contributed by atoms with Gasteiger partial charge in [0.2, 0.25) is 0 Å². The van der Waals surface area contributed by atoms with Crippen molar-refractivity contribution in [3.8, 4) is 11.5 Å². The minimum atomic E-state index is -0.445. The number of benzene rings is 2. The Balaban J connectivity index is 2.19. The summed E-state index contributed by atoms with van der Waals surface area (Å²) < 4.78 is 24.9. The van der Waals surface area contributed by atoms with E-state index in [9.17, 15) is 9.50 Å². The molecule has 0 saturated heterocycles. The Morgan fingerprint density at radius 2 is 1.92 bits per heavy atom. The monoisotopic (exact) mass is 401 g/mol. The van der Waals surface area contributed by atoms with Crippen LogP contribution in [0.4, 0.5) is 4.39 Å². The van der Waals surface area contributed by atoms with Crippen molar-refractivity contribution in [2.75, 3.05) is 13.7 Å². The highest BCUT2D eigenvalue weighted by atomic mass is 35.5. The lowest BCUT2D eigenvalue weighted by Gasteiger charge is -2.24. The molecule has 0 amide bonds. The first-order valence-electron chi connectivity index (χ1n) is 8.05. The Bertz CT molecular complexity index is 748. The zero-order valence-corrected chi connectivity index (χ0v) is 16.4. The van der Waals surface area contributed by atoms with Gasteiger partial charge in [0.25, 0.3) is 0 Å². The molecule has 142 valence electrons. The molecule has 4 nitrogen and oxygen atoms in total. The van der Waals surface area contributed by atoms with Gasteiger partial charge in [0.05, 0.1) is 23.8 Å². The van der Waals surface area contributed by atoms with Gasteiger partial charge < -0.3 is 19.9 Å². The lowest BCUT2D eigenvalue weighted by molar-refractivity contribution is 0.187. The van der Waals surface area contributed by atoms with Crippen molar-refractivity contribution in [3.05, 3.63) is 57.3 Å². The Morgan fingerprint density at radius 1 is 1.19 bits per heavy atom. The number of rotatable bonds is 8. The highest BCUT2D eigenvalue weighted by Gasteiger charge is 2.18. The molecule has 0 radical (unpaired) electrons. The number of aliphatic hydroxyl groups is 1. The molecule has 0 heterocycles. The molecular weight excluding hydrogens is 380 g/mol. The number of hydrogen-bond acceptors (Lipinski definition) is 4. The van der Waals surface area contributed by atoms with Gasteiger partial charge in [0.15, 0.2) is 11.5 Å². The van der Waals surface area contributed by atoms with Gasteiger partial charge in [-0.15, -0.1) is 0 Å². The van der Waals surface area contributed by atoms with Gasteiger partial charge in [-0.25, -0.2) is 4.39 Å². The van der Waals surface area contributed by atoms with E-state index < -0.39 is 11.4 Å². The predicted molar refractivity (Wildman–Crippen MR) is 102 cm³/mol. The first-order chi connectivity index (χ1) is 12.3. The van der Waals surface area contributed by atoms with Gasteiger partial charge in [0, 0.05) is 17.6 Å². The fourth-order valence-electron chi connectivity index (χ4n) is 2.23. The first kappa shape index (κ1) is 20.8. The lowest BCUT2D eigenvalue weighted by atomic mass is 10.1. The summed E-state index contributed by atoms with van der Waals surface area (Å²) in [6, 6.07) is 7.97. The summed E-state index contributed by atoms with van der Waals surface area (Å²) in [6.07, 6.45) is 0. The van der Waals surface area contributed by atoms with E-state index in [1.807, 2.05) is 13.8 Å². The third-order valence-corrected chi connectivity index (χ3v) is 4.51. The van der Waals surface area contributed by atoms with Crippen LogP contribution in [-0.2, 0) is 13.2 Å². The lowest BCUT2D eigenvalue weighted by Crippen LogP contribution is -2.42. The van der Waals surface area contributed by atoms with Gasteiger partial charge in [-0.05, 0) is 43.7 Å². The average molecular weight is 402 g/mol. The first-order valence-corrected chi connectivity index (χ1v) is 8.81. The average Bonchev–Trinajstić information content (AvgIpc) is 2.60.